The highest BCUT2D eigenvalue weighted by atomic mass is 16.5. The predicted octanol–water partition coefficient (Wildman–Crippen LogP) is 0.977. The van der Waals surface area contributed by atoms with Gasteiger partial charge in [0, 0.05) is 19.0 Å². The monoisotopic (exact) mass is 286 g/mol. The summed E-state index contributed by atoms with van der Waals surface area (Å²) in [5, 5.41) is 11.6. The molecular formula is C13H22N2O5. The van der Waals surface area contributed by atoms with Crippen molar-refractivity contribution in [3.63, 3.8) is 0 Å². The maximum atomic E-state index is 12.1. The van der Waals surface area contributed by atoms with Gasteiger partial charge in [0.25, 0.3) is 0 Å². The van der Waals surface area contributed by atoms with Crippen LogP contribution in [-0.2, 0) is 14.3 Å². The van der Waals surface area contributed by atoms with Crippen LogP contribution in [0.1, 0.15) is 39.0 Å². The molecule has 1 atom stereocenters. The fraction of sp³-hybridized carbons (Fsp3) is 0.769. The number of carbonyl (C=O) groups excluding carboxylic acids is 2. The Bertz CT molecular complexity index is 368. The Balaban J connectivity index is 2.52. The first-order valence-electron chi connectivity index (χ1n) is 6.86. The van der Waals surface area contributed by atoms with Gasteiger partial charge >= 0.3 is 18.0 Å². The Morgan fingerprint density at radius 3 is 2.50 bits per heavy atom. The molecule has 114 valence electrons. The number of hydrogen-bond acceptors (Lipinski definition) is 4. The van der Waals surface area contributed by atoms with Crippen molar-refractivity contribution in [1.82, 2.24) is 10.2 Å². The van der Waals surface area contributed by atoms with E-state index >= 15 is 0 Å². The predicted molar refractivity (Wildman–Crippen MR) is 71.2 cm³/mol. The van der Waals surface area contributed by atoms with Crippen molar-refractivity contribution in [2.45, 2.75) is 51.1 Å². The van der Waals surface area contributed by atoms with E-state index in [9.17, 15) is 14.4 Å². The Labute approximate surface area is 118 Å². The third-order valence-electron chi connectivity index (χ3n) is 3.17. The molecule has 0 spiro atoms. The number of nitrogens with zero attached hydrogens (tertiary/aromatic N) is 1. The van der Waals surface area contributed by atoms with Gasteiger partial charge in [0.1, 0.15) is 6.04 Å². The first-order valence-corrected chi connectivity index (χ1v) is 6.86. The average molecular weight is 286 g/mol. The number of rotatable bonds is 8. The fourth-order valence-corrected chi connectivity index (χ4v) is 1.93. The summed E-state index contributed by atoms with van der Waals surface area (Å²) in [7, 11) is 1.24. The number of carbonyl (C=O) groups is 3. The first kappa shape index (κ1) is 16.3. The number of aliphatic carboxylic acids is 1. The molecule has 2 amide bonds. The van der Waals surface area contributed by atoms with Crippen molar-refractivity contribution in [3.05, 3.63) is 0 Å². The molecule has 0 radical (unpaired) electrons. The Kier molecular flexibility index (Phi) is 6.27. The lowest BCUT2D eigenvalue weighted by Crippen LogP contribution is -2.49. The lowest BCUT2D eigenvalue weighted by molar-refractivity contribution is -0.142. The van der Waals surface area contributed by atoms with Gasteiger partial charge in [0.2, 0.25) is 0 Å². The van der Waals surface area contributed by atoms with E-state index < -0.39 is 18.0 Å². The molecule has 0 heterocycles. The van der Waals surface area contributed by atoms with E-state index in [1.165, 1.54) is 7.11 Å². The zero-order valence-electron chi connectivity index (χ0n) is 11.9. The molecule has 1 aliphatic rings. The van der Waals surface area contributed by atoms with Gasteiger partial charge in [-0.25, -0.2) is 9.59 Å². The number of carboxylic acid groups (broad SMARTS) is 1. The molecule has 0 bridgehead atoms. The van der Waals surface area contributed by atoms with Gasteiger partial charge in [-0.05, 0) is 25.7 Å². The van der Waals surface area contributed by atoms with Gasteiger partial charge < -0.3 is 20.1 Å². The summed E-state index contributed by atoms with van der Waals surface area (Å²) >= 11 is 0. The highest BCUT2D eigenvalue weighted by Crippen LogP contribution is 2.27. The standard InChI is InChI=1S/C13H22N2O5/c1-3-8-15(9-4-5-9)13(19)14-10(12(17)18)6-7-11(16)20-2/h9-10H,3-8H2,1-2H3,(H,14,19)(H,17,18)/t10-/m1/s1. The van der Waals surface area contributed by atoms with Gasteiger partial charge in [-0.2, -0.15) is 0 Å². The lowest BCUT2D eigenvalue weighted by Gasteiger charge is -2.24. The van der Waals surface area contributed by atoms with Crippen LogP contribution in [-0.4, -0.2) is 53.7 Å². The second kappa shape index (κ2) is 7.72. The summed E-state index contributed by atoms with van der Waals surface area (Å²) in [6.45, 7) is 2.58. The minimum atomic E-state index is -1.14. The molecule has 1 saturated carbocycles. The largest absolute Gasteiger partial charge is 0.480 e. The SMILES string of the molecule is CCCN(C(=O)N[C@H](CCC(=O)OC)C(=O)O)C1CC1. The van der Waals surface area contributed by atoms with Crippen LogP contribution in [0, 0.1) is 0 Å². The van der Waals surface area contributed by atoms with Crippen molar-refractivity contribution in [3.8, 4) is 0 Å². The molecule has 1 fully saturated rings. The maximum absolute atomic E-state index is 12.1. The number of methoxy groups -OCH3 is 1. The van der Waals surface area contributed by atoms with Crippen LogP contribution in [0.3, 0.4) is 0 Å². The maximum Gasteiger partial charge on any atom is 0.326 e. The van der Waals surface area contributed by atoms with Gasteiger partial charge in [-0.3, -0.25) is 4.79 Å². The van der Waals surface area contributed by atoms with Crippen LogP contribution in [0.25, 0.3) is 0 Å². The molecule has 0 aliphatic heterocycles. The van der Waals surface area contributed by atoms with Gasteiger partial charge in [0.05, 0.1) is 7.11 Å². The van der Waals surface area contributed by atoms with Crippen molar-refractivity contribution < 1.29 is 24.2 Å². The number of esters is 1. The van der Waals surface area contributed by atoms with Gasteiger partial charge in [-0.1, -0.05) is 6.92 Å². The van der Waals surface area contributed by atoms with Crippen LogP contribution in [0.15, 0.2) is 0 Å². The molecule has 0 aromatic carbocycles. The molecule has 1 rings (SSSR count). The molecule has 0 aromatic rings. The van der Waals surface area contributed by atoms with Crippen LogP contribution in [0.2, 0.25) is 0 Å². The Morgan fingerprint density at radius 2 is 2.05 bits per heavy atom. The molecule has 0 aromatic heterocycles. The third-order valence-corrected chi connectivity index (χ3v) is 3.17. The molecule has 0 saturated heterocycles. The van der Waals surface area contributed by atoms with E-state index in [2.05, 4.69) is 10.1 Å². The summed E-state index contributed by atoms with van der Waals surface area (Å²) in [5.41, 5.74) is 0. The van der Waals surface area contributed by atoms with Crippen molar-refractivity contribution in [2.75, 3.05) is 13.7 Å². The summed E-state index contributed by atoms with van der Waals surface area (Å²) < 4.78 is 4.46. The highest BCUT2D eigenvalue weighted by Gasteiger charge is 2.33. The number of nitrogens with one attached hydrogen (secondary N) is 1. The first-order chi connectivity index (χ1) is 9.49. The minimum absolute atomic E-state index is 0.0262. The molecule has 7 heteroatoms. The van der Waals surface area contributed by atoms with Crippen molar-refractivity contribution in [2.24, 2.45) is 0 Å². The third kappa shape index (κ3) is 5.07. The molecular weight excluding hydrogens is 264 g/mol. The average Bonchev–Trinajstić information content (AvgIpc) is 3.23. The summed E-state index contributed by atoms with van der Waals surface area (Å²) in [5.74, 6) is -1.63. The zero-order chi connectivity index (χ0) is 15.1. The van der Waals surface area contributed by atoms with Gasteiger partial charge in [0.15, 0.2) is 0 Å². The lowest BCUT2D eigenvalue weighted by atomic mass is 10.1. The molecule has 20 heavy (non-hydrogen) atoms. The normalized spacial score (nSPS) is 15.3. The fourth-order valence-electron chi connectivity index (χ4n) is 1.93. The van der Waals surface area contributed by atoms with E-state index in [1.54, 1.807) is 4.90 Å². The number of carboxylic acids is 1. The molecule has 7 nitrogen and oxygen atoms in total. The number of hydrogen-bond donors (Lipinski definition) is 2. The van der Waals surface area contributed by atoms with Crippen LogP contribution >= 0.6 is 0 Å². The smallest absolute Gasteiger partial charge is 0.326 e. The summed E-state index contributed by atoms with van der Waals surface area (Å²) in [4.78, 5) is 35.9. The van der Waals surface area contributed by atoms with E-state index in [-0.39, 0.29) is 24.9 Å². The topological polar surface area (TPSA) is 95.9 Å². The van der Waals surface area contributed by atoms with Crippen LogP contribution < -0.4 is 5.32 Å². The van der Waals surface area contributed by atoms with Crippen molar-refractivity contribution in [1.29, 1.82) is 0 Å². The van der Waals surface area contributed by atoms with Crippen molar-refractivity contribution >= 4 is 18.0 Å². The van der Waals surface area contributed by atoms with E-state index in [1.807, 2.05) is 6.92 Å². The zero-order valence-corrected chi connectivity index (χ0v) is 11.9. The van der Waals surface area contributed by atoms with Gasteiger partial charge in [-0.15, -0.1) is 0 Å². The van der Waals surface area contributed by atoms with Crippen LogP contribution in [0.5, 0.6) is 0 Å². The quantitative estimate of drug-likeness (QED) is 0.648. The summed E-state index contributed by atoms with van der Waals surface area (Å²) in [6.07, 6.45) is 2.74. The van der Waals surface area contributed by atoms with E-state index in [4.69, 9.17) is 5.11 Å². The number of urea groups is 1. The Hall–Kier alpha value is -1.79. The molecule has 0 unspecified atom stereocenters. The second-order valence-electron chi connectivity index (χ2n) is 4.88. The minimum Gasteiger partial charge on any atom is -0.480 e. The second-order valence-corrected chi connectivity index (χ2v) is 4.88. The molecule has 2 N–H and O–H groups in total. The number of amides is 2. The van der Waals surface area contributed by atoms with E-state index in [0.717, 1.165) is 19.3 Å². The van der Waals surface area contributed by atoms with E-state index in [0.29, 0.717) is 6.54 Å². The molecule has 1 aliphatic carbocycles. The highest BCUT2D eigenvalue weighted by molar-refractivity contribution is 5.83. The summed E-state index contributed by atoms with van der Waals surface area (Å²) in [6, 6.07) is -1.21. The number of ether oxygens (including phenoxy) is 1. The van der Waals surface area contributed by atoms with Crippen LogP contribution in [0.4, 0.5) is 4.79 Å². The Morgan fingerprint density at radius 1 is 1.40 bits per heavy atom.